The van der Waals surface area contributed by atoms with Crippen molar-refractivity contribution in [3.63, 3.8) is 0 Å². The highest BCUT2D eigenvalue weighted by molar-refractivity contribution is 7.17. The number of halogens is 1. The summed E-state index contributed by atoms with van der Waals surface area (Å²) in [6.45, 7) is 7.68. The predicted molar refractivity (Wildman–Crippen MR) is 112 cm³/mol. The molecule has 11 heteroatoms. The number of likely N-dealkylation sites (N-methyl/N-ethyl adjacent to an activating group) is 1. The lowest BCUT2D eigenvalue weighted by atomic mass is 9.99. The third kappa shape index (κ3) is 4.71. The summed E-state index contributed by atoms with van der Waals surface area (Å²) in [5.74, 6) is -1.03. The molecule has 0 aliphatic carbocycles. The summed E-state index contributed by atoms with van der Waals surface area (Å²) in [5, 5.41) is 16.8. The van der Waals surface area contributed by atoms with Gasteiger partial charge in [-0.15, -0.1) is 0 Å². The van der Waals surface area contributed by atoms with E-state index in [0.29, 0.717) is 41.9 Å². The number of carboxylic acids is 1. The number of carbonyl (C=O) groups is 2. The number of nitrogens with one attached hydrogen (secondary N) is 3. The zero-order valence-corrected chi connectivity index (χ0v) is 18.2. The molecule has 1 aliphatic rings. The maximum atomic E-state index is 12.6. The number of nitrogens with zero attached hydrogens (tertiary/aromatic N) is 3. The molecule has 29 heavy (non-hydrogen) atoms. The fraction of sp³-hybridized carbons (Fsp3) is 0.556. The van der Waals surface area contributed by atoms with Gasteiger partial charge in [-0.3, -0.25) is 4.79 Å². The number of rotatable bonds is 7. The molecule has 0 aromatic carbocycles. The largest absolute Gasteiger partial charge is 0.477 e. The molecule has 4 N–H and O–H groups in total. The number of aromatic amines is 1. The van der Waals surface area contributed by atoms with Crippen molar-refractivity contribution in [2.24, 2.45) is 0 Å². The van der Waals surface area contributed by atoms with Gasteiger partial charge in [0.1, 0.15) is 4.88 Å². The van der Waals surface area contributed by atoms with Gasteiger partial charge < -0.3 is 25.6 Å². The molecule has 1 amide bonds. The zero-order valence-electron chi connectivity index (χ0n) is 16.6. The Bertz CT molecular complexity index is 898. The van der Waals surface area contributed by atoms with Gasteiger partial charge in [-0.2, -0.15) is 0 Å². The van der Waals surface area contributed by atoms with E-state index in [9.17, 15) is 14.7 Å². The van der Waals surface area contributed by atoms with Gasteiger partial charge in [0.2, 0.25) is 0 Å². The minimum absolute atomic E-state index is 0.00809. The zero-order chi connectivity index (χ0) is 21.1. The van der Waals surface area contributed by atoms with Gasteiger partial charge in [0.25, 0.3) is 5.91 Å². The maximum absolute atomic E-state index is 12.6. The molecule has 3 heterocycles. The standard InChI is InChI=1S/C18H25ClN6O3S/c1-4-10-14(19)24-15(22-10)16(26)23-11-6-7-25(8-12(11)20-5-2)18-21-9(3)13(29-18)17(27)28/h11-12,20H,4-8H2,1-3H3,(H,22,24)(H,23,26)(H,27,28)/t11-,12+/m0/s1. The maximum Gasteiger partial charge on any atom is 0.347 e. The fourth-order valence-electron chi connectivity index (χ4n) is 3.45. The number of thiazole rings is 1. The van der Waals surface area contributed by atoms with Gasteiger partial charge in [-0.25, -0.2) is 14.8 Å². The smallest absolute Gasteiger partial charge is 0.347 e. The van der Waals surface area contributed by atoms with E-state index in [0.717, 1.165) is 12.2 Å². The number of hydrogen-bond donors (Lipinski definition) is 4. The Morgan fingerprint density at radius 2 is 2.10 bits per heavy atom. The monoisotopic (exact) mass is 440 g/mol. The third-order valence-corrected chi connectivity index (χ3v) is 6.46. The Kier molecular flexibility index (Phi) is 6.76. The average Bonchev–Trinajstić information content (AvgIpc) is 3.26. The van der Waals surface area contributed by atoms with Crippen LogP contribution in [0.2, 0.25) is 5.15 Å². The first kappa shape index (κ1) is 21.5. The van der Waals surface area contributed by atoms with Crippen molar-refractivity contribution >= 4 is 39.9 Å². The van der Waals surface area contributed by atoms with Crippen molar-refractivity contribution < 1.29 is 14.7 Å². The van der Waals surface area contributed by atoms with Gasteiger partial charge in [-0.1, -0.05) is 36.8 Å². The number of piperidine rings is 1. The molecule has 3 rings (SSSR count). The van der Waals surface area contributed by atoms with Crippen LogP contribution < -0.4 is 15.5 Å². The molecule has 1 aliphatic heterocycles. The van der Waals surface area contributed by atoms with Gasteiger partial charge in [-0.05, 0) is 26.3 Å². The average molecular weight is 441 g/mol. The summed E-state index contributed by atoms with van der Waals surface area (Å²) in [6, 6.07) is -0.0982. The second kappa shape index (κ2) is 9.10. The number of carbonyl (C=O) groups excluding carboxylic acids is 1. The Morgan fingerprint density at radius 1 is 1.34 bits per heavy atom. The van der Waals surface area contributed by atoms with Crippen molar-refractivity contribution in [2.75, 3.05) is 24.5 Å². The van der Waals surface area contributed by atoms with E-state index < -0.39 is 5.97 Å². The molecule has 2 aromatic rings. The molecule has 1 fully saturated rings. The fourth-order valence-corrected chi connectivity index (χ4v) is 4.66. The number of hydrogen-bond acceptors (Lipinski definition) is 7. The highest BCUT2D eigenvalue weighted by Crippen LogP contribution is 2.28. The molecular weight excluding hydrogens is 416 g/mol. The Hall–Kier alpha value is -2.17. The lowest BCUT2D eigenvalue weighted by molar-refractivity contribution is 0.0700. The highest BCUT2D eigenvalue weighted by atomic mass is 35.5. The summed E-state index contributed by atoms with van der Waals surface area (Å²) in [4.78, 5) is 37.8. The molecule has 0 bridgehead atoms. The van der Waals surface area contributed by atoms with Crippen LogP contribution in [0.5, 0.6) is 0 Å². The Labute approximate surface area is 177 Å². The first-order chi connectivity index (χ1) is 13.8. The molecule has 2 atom stereocenters. The number of amides is 1. The molecule has 1 saturated heterocycles. The lowest BCUT2D eigenvalue weighted by Gasteiger charge is -2.39. The molecule has 158 valence electrons. The molecule has 0 radical (unpaired) electrons. The second-order valence-corrected chi connectivity index (χ2v) is 8.24. The highest BCUT2D eigenvalue weighted by Gasteiger charge is 2.32. The van der Waals surface area contributed by atoms with E-state index in [4.69, 9.17) is 11.6 Å². The Morgan fingerprint density at radius 3 is 2.69 bits per heavy atom. The molecule has 0 spiro atoms. The molecule has 9 nitrogen and oxygen atoms in total. The van der Waals surface area contributed by atoms with Crippen LogP contribution in [0.15, 0.2) is 0 Å². The topological polar surface area (TPSA) is 123 Å². The van der Waals surface area contributed by atoms with Crippen LogP contribution in [-0.4, -0.2) is 63.7 Å². The van der Waals surface area contributed by atoms with E-state index >= 15 is 0 Å². The van der Waals surface area contributed by atoms with Crippen LogP contribution in [0.1, 0.15) is 51.9 Å². The number of aromatic nitrogens is 3. The number of imidazole rings is 1. The van der Waals surface area contributed by atoms with Gasteiger partial charge in [0.15, 0.2) is 16.1 Å². The molecular formula is C18H25ClN6O3S. The van der Waals surface area contributed by atoms with Gasteiger partial charge >= 0.3 is 5.97 Å². The van der Waals surface area contributed by atoms with Crippen LogP contribution in [0.25, 0.3) is 0 Å². The Balaban J connectivity index is 1.70. The minimum Gasteiger partial charge on any atom is -0.477 e. The number of anilines is 1. The van der Waals surface area contributed by atoms with Crippen LogP contribution in [-0.2, 0) is 6.42 Å². The van der Waals surface area contributed by atoms with Crippen LogP contribution in [0, 0.1) is 6.92 Å². The first-order valence-corrected chi connectivity index (χ1v) is 10.8. The number of aryl methyl sites for hydroxylation is 2. The quantitative estimate of drug-likeness (QED) is 0.519. The number of carboxylic acid groups (broad SMARTS) is 1. The van der Waals surface area contributed by atoms with Crippen molar-refractivity contribution in [1.82, 2.24) is 25.6 Å². The van der Waals surface area contributed by atoms with E-state index in [2.05, 4.69) is 30.5 Å². The summed E-state index contributed by atoms with van der Waals surface area (Å²) < 4.78 is 0. The minimum atomic E-state index is -0.958. The van der Waals surface area contributed by atoms with Gasteiger partial charge in [0, 0.05) is 25.2 Å². The van der Waals surface area contributed by atoms with E-state index in [1.165, 1.54) is 11.3 Å². The van der Waals surface area contributed by atoms with Gasteiger partial charge in [0.05, 0.1) is 11.4 Å². The molecule has 0 unspecified atom stereocenters. The predicted octanol–water partition coefficient (Wildman–Crippen LogP) is 2.08. The van der Waals surface area contributed by atoms with Crippen LogP contribution in [0.3, 0.4) is 0 Å². The van der Waals surface area contributed by atoms with E-state index in [-0.39, 0.29) is 28.7 Å². The first-order valence-electron chi connectivity index (χ1n) is 9.58. The summed E-state index contributed by atoms with van der Waals surface area (Å²) in [6.07, 6.45) is 1.36. The van der Waals surface area contributed by atoms with Crippen LogP contribution in [0.4, 0.5) is 5.13 Å². The lowest BCUT2D eigenvalue weighted by Crippen LogP contribution is -2.59. The van der Waals surface area contributed by atoms with E-state index in [1.807, 2.05) is 13.8 Å². The number of aromatic carboxylic acids is 1. The third-order valence-electron chi connectivity index (χ3n) is 4.94. The molecule has 0 saturated carbocycles. The van der Waals surface area contributed by atoms with Crippen molar-refractivity contribution in [3.05, 3.63) is 27.2 Å². The molecule has 2 aromatic heterocycles. The summed E-state index contributed by atoms with van der Waals surface area (Å²) in [5.41, 5.74) is 1.26. The summed E-state index contributed by atoms with van der Waals surface area (Å²) in [7, 11) is 0. The normalized spacial score (nSPS) is 19.4. The van der Waals surface area contributed by atoms with Crippen molar-refractivity contribution in [3.8, 4) is 0 Å². The van der Waals surface area contributed by atoms with Crippen molar-refractivity contribution in [2.45, 2.75) is 45.7 Å². The number of H-pyrrole nitrogens is 1. The SMILES string of the molecule is CCN[C@@H]1CN(c2nc(C)c(C(=O)O)s2)CC[C@@H]1NC(=O)c1nc(Cl)c(CC)[nH]1. The van der Waals surface area contributed by atoms with E-state index in [1.54, 1.807) is 6.92 Å². The second-order valence-electron chi connectivity index (χ2n) is 6.90. The van der Waals surface area contributed by atoms with Crippen LogP contribution >= 0.6 is 22.9 Å². The van der Waals surface area contributed by atoms with Crippen molar-refractivity contribution in [1.29, 1.82) is 0 Å². The summed E-state index contributed by atoms with van der Waals surface area (Å²) >= 11 is 7.23.